The summed E-state index contributed by atoms with van der Waals surface area (Å²) in [5.74, 6) is 4.56. The molecular weight excluding hydrogens is 274 g/mol. The number of nitrogens with two attached hydrogens (primary N) is 1. The summed E-state index contributed by atoms with van der Waals surface area (Å²) in [6.45, 7) is 1.52. The molecule has 1 aliphatic heterocycles. The first-order valence-electron chi connectivity index (χ1n) is 7.57. The molecule has 4 N–H and O–H groups in total. The molecule has 5 aliphatic carbocycles. The fourth-order valence-electron chi connectivity index (χ4n) is 6.92. The standard InChI is InChI=1S/C14H17N3O2S/c15-13(20)17-16-12-8-4-3-5-7-6(4)9(12)11(7)14(10(5)8)18-1-2-19-14/h4-7,9-11,16H,1-3H2,(H3,15,17,20)/t4-,5+,6-,7?,9-,10-,11+/m1/s1. The van der Waals surface area contributed by atoms with Gasteiger partial charge in [0, 0.05) is 23.5 Å². The molecule has 1 unspecified atom stereocenters. The van der Waals surface area contributed by atoms with E-state index >= 15 is 0 Å². The van der Waals surface area contributed by atoms with Crippen molar-refractivity contribution >= 4 is 17.3 Å². The van der Waals surface area contributed by atoms with Crippen LogP contribution >= 0.6 is 12.2 Å². The second-order valence-corrected chi connectivity index (χ2v) is 7.53. The highest BCUT2D eigenvalue weighted by molar-refractivity contribution is 7.80. The fraction of sp³-hybridized carbons (Fsp3) is 0.786. The van der Waals surface area contributed by atoms with Gasteiger partial charge in [-0.15, -0.1) is 0 Å². The quantitative estimate of drug-likeness (QED) is 0.495. The van der Waals surface area contributed by atoms with Crippen molar-refractivity contribution in [3.63, 3.8) is 0 Å². The van der Waals surface area contributed by atoms with E-state index in [4.69, 9.17) is 27.4 Å². The Balaban J connectivity index is 1.48. The van der Waals surface area contributed by atoms with E-state index in [0.29, 0.717) is 22.9 Å². The second kappa shape index (κ2) is 3.00. The number of fused-ring (bicyclic) bond motifs is 4. The molecule has 6 heteroatoms. The molecule has 0 aromatic carbocycles. The number of thiocarbonyl (C=S) groups is 1. The van der Waals surface area contributed by atoms with Crippen LogP contribution in [0, 0.1) is 41.4 Å². The van der Waals surface area contributed by atoms with Crippen molar-refractivity contribution in [1.29, 1.82) is 0 Å². The Morgan fingerprint density at radius 2 is 2.10 bits per heavy atom. The van der Waals surface area contributed by atoms with E-state index in [2.05, 4.69) is 10.9 Å². The Morgan fingerprint density at radius 3 is 2.85 bits per heavy atom. The average molecular weight is 291 g/mol. The summed E-state index contributed by atoms with van der Waals surface area (Å²) in [6, 6.07) is 0. The third kappa shape index (κ3) is 0.836. The molecule has 5 fully saturated rings. The fourth-order valence-corrected chi connectivity index (χ4v) is 6.97. The maximum Gasteiger partial charge on any atom is 0.182 e. The minimum absolute atomic E-state index is 0.272. The summed E-state index contributed by atoms with van der Waals surface area (Å²) < 4.78 is 12.4. The number of hydrazine groups is 1. The predicted molar refractivity (Wildman–Crippen MR) is 73.8 cm³/mol. The third-order valence-electron chi connectivity index (χ3n) is 6.91. The highest BCUT2D eigenvalue weighted by Crippen LogP contribution is 2.85. The van der Waals surface area contributed by atoms with Gasteiger partial charge in [-0.1, -0.05) is 0 Å². The second-order valence-electron chi connectivity index (χ2n) is 7.09. The zero-order valence-electron chi connectivity index (χ0n) is 11.0. The van der Waals surface area contributed by atoms with Crippen LogP contribution in [0.25, 0.3) is 0 Å². The van der Waals surface area contributed by atoms with Gasteiger partial charge < -0.3 is 20.6 Å². The van der Waals surface area contributed by atoms with Crippen LogP contribution in [0.1, 0.15) is 6.42 Å². The van der Waals surface area contributed by atoms with Crippen LogP contribution in [0.4, 0.5) is 0 Å². The lowest BCUT2D eigenvalue weighted by Crippen LogP contribution is -2.57. The Kier molecular flexibility index (Phi) is 1.63. The summed E-state index contributed by atoms with van der Waals surface area (Å²) in [6.07, 6.45) is 1.34. The van der Waals surface area contributed by atoms with Gasteiger partial charge in [0.25, 0.3) is 0 Å². The van der Waals surface area contributed by atoms with Crippen molar-refractivity contribution in [3.05, 3.63) is 11.3 Å². The Hall–Kier alpha value is -0.850. The lowest BCUT2D eigenvalue weighted by molar-refractivity contribution is -0.238. The molecule has 20 heavy (non-hydrogen) atoms. The van der Waals surface area contributed by atoms with Gasteiger partial charge in [-0.25, -0.2) is 0 Å². The lowest BCUT2D eigenvalue weighted by atomic mass is 9.57. The molecular formula is C14H17N3O2S. The predicted octanol–water partition coefficient (Wildman–Crippen LogP) is 0.0929. The van der Waals surface area contributed by atoms with Gasteiger partial charge in [0.2, 0.25) is 0 Å². The molecule has 0 aromatic rings. The normalized spacial score (nSPS) is 54.1. The molecule has 0 aromatic heterocycles. The number of hydrogen-bond acceptors (Lipinski definition) is 4. The van der Waals surface area contributed by atoms with Crippen LogP contribution in [0.15, 0.2) is 11.3 Å². The van der Waals surface area contributed by atoms with Gasteiger partial charge in [-0.2, -0.15) is 0 Å². The van der Waals surface area contributed by atoms with Crippen molar-refractivity contribution in [2.75, 3.05) is 13.2 Å². The van der Waals surface area contributed by atoms with Crippen LogP contribution in [0.3, 0.4) is 0 Å². The van der Waals surface area contributed by atoms with Gasteiger partial charge in [0.15, 0.2) is 10.9 Å². The molecule has 2 bridgehead atoms. The van der Waals surface area contributed by atoms with E-state index in [1.807, 2.05) is 0 Å². The first-order valence-corrected chi connectivity index (χ1v) is 7.98. The first-order chi connectivity index (χ1) is 9.74. The van der Waals surface area contributed by atoms with Crippen LogP contribution in [-0.4, -0.2) is 24.1 Å². The number of hydrogen-bond donors (Lipinski definition) is 3. The maximum atomic E-state index is 6.18. The number of nitrogens with one attached hydrogen (secondary N) is 2. The van der Waals surface area contributed by atoms with Gasteiger partial charge in [0.1, 0.15) is 0 Å². The number of allylic oxidation sites excluding steroid dienone is 1. The molecule has 7 atom stereocenters. The van der Waals surface area contributed by atoms with Crippen molar-refractivity contribution in [2.45, 2.75) is 12.2 Å². The lowest BCUT2D eigenvalue weighted by Gasteiger charge is -2.51. The molecule has 0 radical (unpaired) electrons. The van der Waals surface area contributed by atoms with Crippen molar-refractivity contribution in [1.82, 2.24) is 10.9 Å². The molecule has 106 valence electrons. The summed E-state index contributed by atoms with van der Waals surface area (Å²) in [5, 5.41) is 0.305. The monoisotopic (exact) mass is 291 g/mol. The highest BCUT2D eigenvalue weighted by Gasteiger charge is 2.86. The van der Waals surface area contributed by atoms with Gasteiger partial charge in [-0.05, 0) is 47.9 Å². The van der Waals surface area contributed by atoms with Crippen LogP contribution < -0.4 is 16.6 Å². The molecule has 6 aliphatic rings. The van der Waals surface area contributed by atoms with Crippen LogP contribution in [-0.2, 0) is 9.47 Å². The summed E-state index contributed by atoms with van der Waals surface area (Å²) in [4.78, 5) is 0. The van der Waals surface area contributed by atoms with E-state index < -0.39 is 0 Å². The molecule has 5 nitrogen and oxygen atoms in total. The maximum absolute atomic E-state index is 6.18. The number of ether oxygens (including phenoxy) is 2. The summed E-state index contributed by atoms with van der Waals surface area (Å²) in [5.41, 5.74) is 14.7. The summed E-state index contributed by atoms with van der Waals surface area (Å²) in [7, 11) is 0. The Bertz CT molecular complexity index is 585. The molecule has 1 spiro atoms. The van der Waals surface area contributed by atoms with Crippen LogP contribution in [0.5, 0.6) is 0 Å². The summed E-state index contributed by atoms with van der Waals surface area (Å²) >= 11 is 4.92. The topological polar surface area (TPSA) is 68.5 Å². The van der Waals surface area contributed by atoms with E-state index in [0.717, 1.165) is 36.9 Å². The first kappa shape index (κ1) is 10.8. The molecule has 1 heterocycles. The smallest absolute Gasteiger partial charge is 0.182 e. The van der Waals surface area contributed by atoms with Crippen molar-refractivity contribution in [2.24, 2.45) is 47.2 Å². The number of rotatable bonds is 2. The highest BCUT2D eigenvalue weighted by atomic mass is 32.1. The Labute approximate surface area is 122 Å². The average Bonchev–Trinajstić information content (AvgIpc) is 3.04. The largest absolute Gasteiger partial charge is 0.375 e. The van der Waals surface area contributed by atoms with Gasteiger partial charge >= 0.3 is 0 Å². The van der Waals surface area contributed by atoms with Crippen molar-refractivity contribution < 1.29 is 9.47 Å². The van der Waals surface area contributed by atoms with E-state index in [1.54, 1.807) is 5.57 Å². The zero-order valence-corrected chi connectivity index (χ0v) is 11.8. The minimum Gasteiger partial charge on any atom is -0.375 e. The Morgan fingerprint density at radius 1 is 1.30 bits per heavy atom. The van der Waals surface area contributed by atoms with Gasteiger partial charge in [-0.3, -0.25) is 5.43 Å². The van der Waals surface area contributed by atoms with Crippen molar-refractivity contribution in [3.8, 4) is 0 Å². The van der Waals surface area contributed by atoms with Crippen LogP contribution in [0.2, 0.25) is 0 Å². The van der Waals surface area contributed by atoms with Gasteiger partial charge in [0.05, 0.1) is 13.2 Å². The zero-order chi connectivity index (χ0) is 13.2. The molecule has 1 saturated heterocycles. The van der Waals surface area contributed by atoms with E-state index in [9.17, 15) is 0 Å². The molecule has 0 amide bonds. The van der Waals surface area contributed by atoms with E-state index in [1.165, 1.54) is 12.1 Å². The third-order valence-corrected chi connectivity index (χ3v) is 7.01. The SMILES string of the molecule is NC(=S)NNC1=C2[C@@H]3C[C@H]4C5[C@@H]3[C@@H]1[C@H]5C1(OCCO1)[C@@H]24. The van der Waals surface area contributed by atoms with E-state index in [-0.39, 0.29) is 5.79 Å². The molecule has 6 rings (SSSR count). The minimum atomic E-state index is -0.272. The molecule has 4 saturated carbocycles.